The summed E-state index contributed by atoms with van der Waals surface area (Å²) in [6, 6.07) is 27.9. The van der Waals surface area contributed by atoms with Gasteiger partial charge < -0.3 is 14.1 Å². The number of carbonyl (C=O) groups is 3. The number of methoxy groups -OCH3 is 1. The van der Waals surface area contributed by atoms with Crippen LogP contribution in [0.4, 0.5) is 5.69 Å². The molecule has 0 bridgehead atoms. The molecule has 1 aliphatic heterocycles. The zero-order valence-corrected chi connectivity index (χ0v) is 22.6. The number of rotatable bonds is 7. The number of hydrogen-bond acceptors (Lipinski definition) is 6. The van der Waals surface area contributed by atoms with E-state index in [4.69, 9.17) is 9.15 Å². The molecule has 3 amide bonds. The molecule has 0 N–H and O–H groups in total. The number of amides is 3. The molecule has 0 spiro atoms. The number of aryl methyl sites for hydroxylation is 1. The second-order valence-corrected chi connectivity index (χ2v) is 9.97. The Morgan fingerprint density at radius 2 is 1.66 bits per heavy atom. The van der Waals surface area contributed by atoms with Crippen molar-refractivity contribution in [3.8, 4) is 17.2 Å². The third-order valence-electron chi connectivity index (χ3n) is 7.24. The van der Waals surface area contributed by atoms with Crippen LogP contribution in [0.1, 0.15) is 27.9 Å². The number of aromatic nitrogens is 1. The molecule has 0 saturated carbocycles. The Hall–Kier alpha value is -5.24. The smallest absolute Gasteiger partial charge is 0.257 e. The van der Waals surface area contributed by atoms with Gasteiger partial charge >= 0.3 is 0 Å². The minimum absolute atomic E-state index is 0.112. The van der Waals surface area contributed by atoms with Crippen molar-refractivity contribution >= 4 is 34.5 Å². The lowest BCUT2D eigenvalue weighted by molar-refractivity contribution is -0.122. The first-order valence-electron chi connectivity index (χ1n) is 13.2. The monoisotopic (exact) mass is 545 g/mol. The summed E-state index contributed by atoms with van der Waals surface area (Å²) >= 11 is 0. The van der Waals surface area contributed by atoms with Gasteiger partial charge in [-0.15, -0.1) is 0 Å². The molecule has 4 aromatic carbocycles. The zero-order chi connectivity index (χ0) is 28.5. The normalized spacial score (nSPS) is 15.0. The molecule has 204 valence electrons. The predicted molar refractivity (Wildman–Crippen MR) is 154 cm³/mol. The maximum Gasteiger partial charge on any atom is 0.257 e. The summed E-state index contributed by atoms with van der Waals surface area (Å²) in [7, 11) is 1.55. The van der Waals surface area contributed by atoms with Crippen molar-refractivity contribution in [1.82, 2.24) is 9.88 Å². The lowest BCUT2D eigenvalue weighted by Crippen LogP contribution is -2.45. The molecule has 41 heavy (non-hydrogen) atoms. The first-order valence-corrected chi connectivity index (χ1v) is 13.2. The van der Waals surface area contributed by atoms with E-state index in [9.17, 15) is 14.4 Å². The number of ether oxygens (including phenoxy) is 1. The van der Waals surface area contributed by atoms with Crippen LogP contribution in [0, 0.1) is 6.92 Å². The molecule has 5 aromatic rings. The molecule has 1 fully saturated rings. The van der Waals surface area contributed by atoms with Crippen LogP contribution in [0.25, 0.3) is 22.6 Å². The van der Waals surface area contributed by atoms with Crippen molar-refractivity contribution in [3.63, 3.8) is 0 Å². The number of anilines is 1. The second kappa shape index (κ2) is 10.7. The van der Waals surface area contributed by atoms with E-state index in [0.29, 0.717) is 28.5 Å². The van der Waals surface area contributed by atoms with Gasteiger partial charge in [-0.2, -0.15) is 0 Å². The number of oxazole rings is 1. The highest BCUT2D eigenvalue weighted by atomic mass is 16.5. The summed E-state index contributed by atoms with van der Waals surface area (Å²) < 4.78 is 11.1. The standard InChI is InChI=1S/C33H27N3O5/c1-21-7-9-22(10-8-21)20-35(32(38)24-13-17-26(40-2)18-14-24)28-19-30(37)36(33(28)39)25-15-11-23(12-16-25)31-34-27-5-3-4-6-29(27)41-31/h3-18,28H,19-20H2,1-2H3. The van der Waals surface area contributed by atoms with E-state index in [0.717, 1.165) is 27.1 Å². The number of para-hydroxylation sites is 2. The van der Waals surface area contributed by atoms with Crippen LogP contribution in [-0.4, -0.2) is 40.8 Å². The molecule has 2 heterocycles. The largest absolute Gasteiger partial charge is 0.497 e. The number of nitrogens with zero attached hydrogens (tertiary/aromatic N) is 3. The Kier molecular flexibility index (Phi) is 6.81. The molecule has 1 unspecified atom stereocenters. The topological polar surface area (TPSA) is 92.9 Å². The van der Waals surface area contributed by atoms with E-state index in [1.54, 1.807) is 55.6 Å². The van der Waals surface area contributed by atoms with Crippen molar-refractivity contribution in [1.29, 1.82) is 0 Å². The number of imide groups is 1. The fourth-order valence-corrected chi connectivity index (χ4v) is 4.99. The Morgan fingerprint density at radius 1 is 0.951 bits per heavy atom. The molecular weight excluding hydrogens is 518 g/mol. The highest BCUT2D eigenvalue weighted by Gasteiger charge is 2.44. The van der Waals surface area contributed by atoms with E-state index in [1.807, 2.05) is 55.5 Å². The predicted octanol–water partition coefficient (Wildman–Crippen LogP) is 5.79. The second-order valence-electron chi connectivity index (χ2n) is 9.97. The molecule has 1 aliphatic rings. The first kappa shape index (κ1) is 26.0. The van der Waals surface area contributed by atoms with Gasteiger partial charge in [-0.05, 0) is 73.2 Å². The van der Waals surface area contributed by atoms with E-state index in [2.05, 4.69) is 4.98 Å². The molecule has 1 atom stereocenters. The number of hydrogen-bond donors (Lipinski definition) is 0. The number of fused-ring (bicyclic) bond motifs is 1. The highest BCUT2D eigenvalue weighted by Crippen LogP contribution is 2.31. The van der Waals surface area contributed by atoms with Gasteiger partial charge in [0.25, 0.3) is 11.8 Å². The van der Waals surface area contributed by atoms with E-state index >= 15 is 0 Å². The van der Waals surface area contributed by atoms with Crippen LogP contribution in [0.5, 0.6) is 5.75 Å². The highest BCUT2D eigenvalue weighted by molar-refractivity contribution is 6.23. The summed E-state index contributed by atoms with van der Waals surface area (Å²) in [5.74, 6) is -0.0903. The molecular formula is C33H27N3O5. The molecule has 0 radical (unpaired) electrons. The molecule has 8 heteroatoms. The fourth-order valence-electron chi connectivity index (χ4n) is 4.99. The van der Waals surface area contributed by atoms with Crippen molar-refractivity contribution in [2.24, 2.45) is 0 Å². The minimum atomic E-state index is -0.949. The molecule has 0 aliphatic carbocycles. The fraction of sp³-hybridized carbons (Fsp3) is 0.152. The van der Waals surface area contributed by atoms with Crippen LogP contribution < -0.4 is 9.64 Å². The number of benzene rings is 4. The molecule has 1 saturated heterocycles. The Labute approximate surface area is 236 Å². The zero-order valence-electron chi connectivity index (χ0n) is 22.6. The van der Waals surface area contributed by atoms with Gasteiger partial charge in [0.05, 0.1) is 19.2 Å². The average molecular weight is 546 g/mol. The SMILES string of the molecule is COc1ccc(C(=O)N(Cc2ccc(C)cc2)C2CC(=O)N(c3ccc(-c4nc5ccccc5o4)cc3)C2=O)cc1. The summed E-state index contributed by atoms with van der Waals surface area (Å²) in [4.78, 5) is 47.9. The third kappa shape index (κ3) is 5.07. The molecule has 8 nitrogen and oxygen atoms in total. The summed E-state index contributed by atoms with van der Waals surface area (Å²) in [6.45, 7) is 2.16. The minimum Gasteiger partial charge on any atom is -0.497 e. The van der Waals surface area contributed by atoms with Crippen LogP contribution in [0.2, 0.25) is 0 Å². The Morgan fingerprint density at radius 3 is 2.34 bits per heavy atom. The Balaban J connectivity index is 1.28. The molecule has 6 rings (SSSR count). The van der Waals surface area contributed by atoms with Gasteiger partial charge in [-0.25, -0.2) is 9.88 Å². The van der Waals surface area contributed by atoms with Gasteiger partial charge in [0.15, 0.2) is 5.58 Å². The van der Waals surface area contributed by atoms with Gasteiger partial charge in [0, 0.05) is 17.7 Å². The van der Waals surface area contributed by atoms with Gasteiger partial charge in [-0.3, -0.25) is 14.4 Å². The lowest BCUT2D eigenvalue weighted by Gasteiger charge is -2.28. The number of carbonyl (C=O) groups excluding carboxylic acids is 3. The first-order chi connectivity index (χ1) is 19.9. The van der Waals surface area contributed by atoms with E-state index < -0.39 is 11.9 Å². The van der Waals surface area contributed by atoms with Crippen molar-refractivity contribution in [3.05, 3.63) is 114 Å². The van der Waals surface area contributed by atoms with Gasteiger partial charge in [0.2, 0.25) is 11.8 Å². The van der Waals surface area contributed by atoms with Crippen molar-refractivity contribution in [2.45, 2.75) is 25.9 Å². The molecule has 1 aromatic heterocycles. The van der Waals surface area contributed by atoms with Gasteiger partial charge in [-0.1, -0.05) is 42.0 Å². The van der Waals surface area contributed by atoms with E-state index in [1.165, 1.54) is 4.90 Å². The van der Waals surface area contributed by atoms with E-state index in [-0.39, 0.29) is 24.8 Å². The van der Waals surface area contributed by atoms with Crippen LogP contribution in [0.15, 0.2) is 101 Å². The maximum absolute atomic E-state index is 13.8. The summed E-state index contributed by atoms with van der Waals surface area (Å²) in [5.41, 5.74) is 4.91. The van der Waals surface area contributed by atoms with Crippen LogP contribution in [-0.2, 0) is 16.1 Å². The van der Waals surface area contributed by atoms with Crippen LogP contribution in [0.3, 0.4) is 0 Å². The Bertz CT molecular complexity index is 1710. The quantitative estimate of drug-likeness (QED) is 0.241. The van der Waals surface area contributed by atoms with Gasteiger partial charge in [0.1, 0.15) is 17.3 Å². The van der Waals surface area contributed by atoms with Crippen LogP contribution >= 0.6 is 0 Å². The van der Waals surface area contributed by atoms with Crippen molar-refractivity contribution in [2.75, 3.05) is 12.0 Å². The summed E-state index contributed by atoms with van der Waals surface area (Å²) in [6.07, 6.45) is -0.112. The average Bonchev–Trinajstić information content (AvgIpc) is 3.57. The third-order valence-corrected chi connectivity index (χ3v) is 7.24. The lowest BCUT2D eigenvalue weighted by atomic mass is 10.1. The van der Waals surface area contributed by atoms with Crippen molar-refractivity contribution < 1.29 is 23.5 Å². The maximum atomic E-state index is 13.8. The summed E-state index contributed by atoms with van der Waals surface area (Å²) in [5, 5.41) is 0.